The number of rotatable bonds is 6. The summed E-state index contributed by atoms with van der Waals surface area (Å²) in [4.78, 5) is 0. The van der Waals surface area contributed by atoms with Crippen LogP contribution in [0.3, 0.4) is 0 Å². The van der Waals surface area contributed by atoms with Gasteiger partial charge in [-0.25, -0.2) is 0 Å². The lowest BCUT2D eigenvalue weighted by atomic mass is 9.99. The number of unbranched alkanes of at least 4 members (excludes halogenated alkanes) is 3. The van der Waals surface area contributed by atoms with Crippen LogP contribution in [0.25, 0.3) is 0 Å². The van der Waals surface area contributed by atoms with E-state index < -0.39 is 5.60 Å². The molecular weight excluding hydrogens is 164 g/mol. The molecule has 0 spiro atoms. The zero-order chi connectivity index (χ0) is 10.2. The first kappa shape index (κ1) is 12.5. The van der Waals surface area contributed by atoms with Gasteiger partial charge < -0.3 is 10.2 Å². The van der Waals surface area contributed by atoms with Gasteiger partial charge in [0, 0.05) is 6.42 Å². The summed E-state index contributed by atoms with van der Waals surface area (Å²) in [5.74, 6) is 5.84. The maximum atomic E-state index is 9.45. The third-order valence-electron chi connectivity index (χ3n) is 2.03. The van der Waals surface area contributed by atoms with Crippen LogP contribution in [0.2, 0.25) is 0 Å². The van der Waals surface area contributed by atoms with Gasteiger partial charge in [0.1, 0.15) is 0 Å². The summed E-state index contributed by atoms with van der Waals surface area (Å²) in [5, 5.41) is 18.2. The molecule has 0 aromatic carbocycles. The highest BCUT2D eigenvalue weighted by Crippen LogP contribution is 2.13. The van der Waals surface area contributed by atoms with Crippen molar-refractivity contribution in [1.29, 1.82) is 0 Å². The van der Waals surface area contributed by atoms with Crippen molar-refractivity contribution in [3.8, 4) is 11.8 Å². The van der Waals surface area contributed by atoms with Crippen LogP contribution in [0, 0.1) is 11.8 Å². The Hall–Kier alpha value is -0.520. The average Bonchev–Trinajstić information content (AvgIpc) is 2.11. The third-order valence-corrected chi connectivity index (χ3v) is 2.03. The van der Waals surface area contributed by atoms with Crippen molar-refractivity contribution in [1.82, 2.24) is 0 Å². The number of aliphatic hydroxyl groups is 2. The van der Waals surface area contributed by atoms with E-state index >= 15 is 0 Å². The molecule has 1 atom stereocenters. The van der Waals surface area contributed by atoms with Crippen molar-refractivity contribution in [3.05, 3.63) is 0 Å². The normalized spacial score (nSPS) is 14.5. The van der Waals surface area contributed by atoms with E-state index in [4.69, 9.17) is 5.11 Å². The van der Waals surface area contributed by atoms with Gasteiger partial charge in [0.15, 0.2) is 0 Å². The number of aliphatic hydroxyl groups excluding tert-OH is 1. The largest absolute Gasteiger partial charge is 0.393 e. The van der Waals surface area contributed by atoms with Gasteiger partial charge in [-0.1, -0.05) is 12.8 Å². The summed E-state index contributed by atoms with van der Waals surface area (Å²) < 4.78 is 0. The van der Waals surface area contributed by atoms with Crippen molar-refractivity contribution < 1.29 is 10.2 Å². The smallest absolute Gasteiger partial charge is 0.0849 e. The van der Waals surface area contributed by atoms with E-state index in [2.05, 4.69) is 11.8 Å². The molecule has 2 heteroatoms. The van der Waals surface area contributed by atoms with Crippen LogP contribution in [0.5, 0.6) is 0 Å². The molecule has 0 fully saturated rings. The first-order chi connectivity index (χ1) is 6.12. The van der Waals surface area contributed by atoms with Crippen LogP contribution >= 0.6 is 0 Å². The van der Waals surface area contributed by atoms with Crippen molar-refractivity contribution in [3.63, 3.8) is 0 Å². The Morgan fingerprint density at radius 3 is 2.46 bits per heavy atom. The minimum Gasteiger partial charge on any atom is -0.393 e. The summed E-state index contributed by atoms with van der Waals surface area (Å²) >= 11 is 0. The molecule has 0 rings (SSSR count). The lowest BCUT2D eigenvalue weighted by Crippen LogP contribution is -2.28. The van der Waals surface area contributed by atoms with Gasteiger partial charge in [0.2, 0.25) is 0 Å². The van der Waals surface area contributed by atoms with Gasteiger partial charge in [-0.2, -0.15) is 0 Å². The van der Waals surface area contributed by atoms with Crippen molar-refractivity contribution in [2.75, 3.05) is 6.61 Å². The van der Waals surface area contributed by atoms with Crippen molar-refractivity contribution in [2.45, 2.75) is 51.6 Å². The van der Waals surface area contributed by atoms with Crippen LogP contribution in [0.1, 0.15) is 46.0 Å². The lowest BCUT2D eigenvalue weighted by molar-refractivity contribution is -0.00690. The third kappa shape index (κ3) is 7.83. The van der Waals surface area contributed by atoms with Crippen LogP contribution in [-0.4, -0.2) is 22.4 Å². The second kappa shape index (κ2) is 6.94. The molecule has 2 nitrogen and oxygen atoms in total. The summed E-state index contributed by atoms with van der Waals surface area (Å²) in [6.45, 7) is 3.36. The molecule has 0 aliphatic heterocycles. The first-order valence-corrected chi connectivity index (χ1v) is 4.85. The molecule has 2 N–H and O–H groups in total. The fraction of sp³-hybridized carbons (Fsp3) is 0.818. The number of hydrogen-bond acceptors (Lipinski definition) is 2. The molecule has 0 saturated carbocycles. The average molecular weight is 184 g/mol. The molecule has 0 radical (unpaired) electrons. The Morgan fingerprint density at radius 2 is 1.92 bits per heavy atom. The predicted molar refractivity (Wildman–Crippen MR) is 54.2 cm³/mol. The Morgan fingerprint density at radius 1 is 1.23 bits per heavy atom. The van der Waals surface area contributed by atoms with E-state index in [1.54, 1.807) is 6.92 Å². The minimum atomic E-state index is -0.892. The highest BCUT2D eigenvalue weighted by Gasteiger charge is 2.17. The molecule has 0 bridgehead atoms. The molecule has 0 aliphatic rings. The molecule has 1 unspecified atom stereocenters. The summed E-state index contributed by atoms with van der Waals surface area (Å²) in [5.41, 5.74) is -0.892. The van der Waals surface area contributed by atoms with E-state index in [-0.39, 0.29) is 6.61 Å². The molecule has 0 amide bonds. The Kier molecular flexibility index (Phi) is 6.66. The Bertz CT molecular complexity index is 174. The topological polar surface area (TPSA) is 40.5 Å². The number of hydrogen-bond donors (Lipinski definition) is 2. The highest BCUT2D eigenvalue weighted by atomic mass is 16.3. The highest BCUT2D eigenvalue weighted by molar-refractivity contribution is 4.94. The zero-order valence-electron chi connectivity index (χ0n) is 8.64. The van der Waals surface area contributed by atoms with Crippen molar-refractivity contribution >= 4 is 0 Å². The summed E-state index contributed by atoms with van der Waals surface area (Å²) in [6.07, 6.45) is 4.73. The summed E-state index contributed by atoms with van der Waals surface area (Å²) in [6, 6.07) is 0. The predicted octanol–water partition coefficient (Wildman–Crippen LogP) is 1.70. The fourth-order valence-electron chi connectivity index (χ4n) is 1.10. The van der Waals surface area contributed by atoms with Crippen LogP contribution in [0.15, 0.2) is 0 Å². The van der Waals surface area contributed by atoms with E-state index in [9.17, 15) is 5.11 Å². The monoisotopic (exact) mass is 184 g/mol. The van der Waals surface area contributed by atoms with Gasteiger partial charge in [-0.05, 0) is 26.7 Å². The minimum absolute atomic E-state index is 0.151. The standard InChI is InChI=1S/C11H20O2/c1-3-4-5-6-7-8-9-11(2,13)10-12/h12-13H,5-10H2,1-2H3. The van der Waals surface area contributed by atoms with E-state index in [0.717, 1.165) is 25.7 Å². The maximum Gasteiger partial charge on any atom is 0.0849 e. The zero-order valence-corrected chi connectivity index (χ0v) is 8.64. The van der Waals surface area contributed by atoms with Crippen molar-refractivity contribution in [2.24, 2.45) is 0 Å². The second-order valence-electron chi connectivity index (χ2n) is 3.64. The SMILES string of the molecule is CC#CCCCCCC(C)(O)CO. The molecular formula is C11H20O2. The van der Waals surface area contributed by atoms with E-state index in [1.807, 2.05) is 6.92 Å². The fourth-order valence-corrected chi connectivity index (χ4v) is 1.10. The molecule has 0 aliphatic carbocycles. The van der Waals surface area contributed by atoms with Crippen LogP contribution in [0.4, 0.5) is 0 Å². The lowest BCUT2D eigenvalue weighted by Gasteiger charge is -2.19. The Balaban J connectivity index is 3.29. The van der Waals surface area contributed by atoms with Gasteiger partial charge >= 0.3 is 0 Å². The van der Waals surface area contributed by atoms with Crippen LogP contribution in [-0.2, 0) is 0 Å². The Labute approximate surface area is 81.0 Å². The first-order valence-electron chi connectivity index (χ1n) is 4.85. The molecule has 0 heterocycles. The van der Waals surface area contributed by atoms with Gasteiger partial charge in [-0.15, -0.1) is 11.8 Å². The van der Waals surface area contributed by atoms with Gasteiger partial charge in [-0.3, -0.25) is 0 Å². The van der Waals surface area contributed by atoms with E-state index in [0.29, 0.717) is 6.42 Å². The maximum absolute atomic E-state index is 9.45. The van der Waals surface area contributed by atoms with Crippen LogP contribution < -0.4 is 0 Å². The molecule has 76 valence electrons. The van der Waals surface area contributed by atoms with Gasteiger partial charge in [0.25, 0.3) is 0 Å². The van der Waals surface area contributed by atoms with E-state index in [1.165, 1.54) is 0 Å². The molecule has 0 aromatic heterocycles. The molecule has 13 heavy (non-hydrogen) atoms. The second-order valence-corrected chi connectivity index (χ2v) is 3.64. The summed E-state index contributed by atoms with van der Waals surface area (Å²) in [7, 11) is 0. The molecule has 0 saturated heterocycles. The quantitative estimate of drug-likeness (QED) is 0.487. The molecule has 0 aromatic rings. The van der Waals surface area contributed by atoms with Gasteiger partial charge in [0.05, 0.1) is 12.2 Å².